The molecule has 2 N–H and O–H groups in total. The van der Waals surface area contributed by atoms with Gasteiger partial charge in [-0.3, -0.25) is 9.59 Å². The van der Waals surface area contributed by atoms with E-state index in [2.05, 4.69) is 24.5 Å². The van der Waals surface area contributed by atoms with Crippen LogP contribution in [0.1, 0.15) is 219 Å². The number of unbranched alkanes of at least 4 members (excludes halogenated alkanes) is 30. The van der Waals surface area contributed by atoms with Crippen LogP contribution in [0.25, 0.3) is 0 Å². The van der Waals surface area contributed by atoms with E-state index in [1.165, 1.54) is 193 Å². The average molecular weight is 637 g/mol. The van der Waals surface area contributed by atoms with Crippen LogP contribution >= 0.6 is 0 Å². The fraction of sp³-hybridized carbons (Fsp3) is 0.950. The van der Waals surface area contributed by atoms with Crippen molar-refractivity contribution in [1.29, 1.82) is 0 Å². The van der Waals surface area contributed by atoms with E-state index in [4.69, 9.17) is 4.74 Å². The average Bonchev–Trinajstić information content (AvgIpc) is 3.04. The molecule has 0 aromatic carbocycles. The number of carbonyl (C=O) groups excluding carboxylic acids is 2. The summed E-state index contributed by atoms with van der Waals surface area (Å²) in [5.41, 5.74) is 0. The molecule has 0 saturated heterocycles. The molecule has 0 radical (unpaired) electrons. The first-order chi connectivity index (χ1) is 22.2. The Balaban J connectivity index is 3.25. The van der Waals surface area contributed by atoms with Crippen LogP contribution < -0.4 is 10.6 Å². The Morgan fingerprint density at radius 1 is 0.333 bits per heavy atom. The topological polar surface area (TPSA) is 67.4 Å². The monoisotopic (exact) mass is 637 g/mol. The SMILES string of the molecule is CCCCCCCCCCCCCCCCCCNC(=O)COCC(=O)NCCCCCCCCCCCCCCCCCC. The minimum atomic E-state index is -0.124. The summed E-state index contributed by atoms with van der Waals surface area (Å²) in [6, 6.07) is 0. The van der Waals surface area contributed by atoms with Gasteiger partial charge in [-0.2, -0.15) is 0 Å². The van der Waals surface area contributed by atoms with Gasteiger partial charge < -0.3 is 15.4 Å². The van der Waals surface area contributed by atoms with E-state index < -0.39 is 0 Å². The Kier molecular flexibility index (Phi) is 38.1. The molecule has 5 heteroatoms. The summed E-state index contributed by atoms with van der Waals surface area (Å²) >= 11 is 0. The summed E-state index contributed by atoms with van der Waals surface area (Å²) in [5.74, 6) is -0.247. The lowest BCUT2D eigenvalue weighted by Gasteiger charge is -2.08. The molecule has 2 amide bonds. The number of hydrogen-bond donors (Lipinski definition) is 2. The third-order valence-corrected chi connectivity index (χ3v) is 9.17. The van der Waals surface area contributed by atoms with Crippen molar-refractivity contribution in [3.63, 3.8) is 0 Å². The molecule has 0 aliphatic rings. The molecule has 0 aromatic heterocycles. The smallest absolute Gasteiger partial charge is 0.246 e. The molecule has 0 spiro atoms. The zero-order valence-electron chi connectivity index (χ0n) is 30.7. The zero-order chi connectivity index (χ0) is 32.7. The Morgan fingerprint density at radius 2 is 0.533 bits per heavy atom. The normalized spacial score (nSPS) is 11.2. The lowest BCUT2D eigenvalue weighted by molar-refractivity contribution is -0.130. The lowest BCUT2D eigenvalue weighted by atomic mass is 10.0. The minimum Gasteiger partial charge on any atom is -0.362 e. The molecule has 0 aliphatic heterocycles. The second kappa shape index (κ2) is 39.1. The fourth-order valence-electron chi connectivity index (χ4n) is 6.14. The van der Waals surface area contributed by atoms with Crippen molar-refractivity contribution in [1.82, 2.24) is 10.6 Å². The molecule has 0 rings (SSSR count). The Bertz CT molecular complexity index is 548. The first kappa shape index (κ1) is 43.9. The maximum absolute atomic E-state index is 11.9. The van der Waals surface area contributed by atoms with Crippen molar-refractivity contribution in [3.8, 4) is 0 Å². The highest BCUT2D eigenvalue weighted by Gasteiger charge is 2.05. The highest BCUT2D eigenvalue weighted by molar-refractivity contribution is 5.79. The van der Waals surface area contributed by atoms with Crippen LogP contribution in [0.2, 0.25) is 0 Å². The van der Waals surface area contributed by atoms with Gasteiger partial charge in [0.1, 0.15) is 13.2 Å². The van der Waals surface area contributed by atoms with E-state index in [1.54, 1.807) is 0 Å². The number of nitrogens with one attached hydrogen (secondary N) is 2. The van der Waals surface area contributed by atoms with Crippen molar-refractivity contribution in [3.05, 3.63) is 0 Å². The molecular formula is C40H80N2O3. The molecule has 45 heavy (non-hydrogen) atoms. The van der Waals surface area contributed by atoms with Gasteiger partial charge in [0, 0.05) is 13.1 Å². The van der Waals surface area contributed by atoms with Crippen LogP contribution in [0.15, 0.2) is 0 Å². The van der Waals surface area contributed by atoms with Crippen molar-refractivity contribution in [2.45, 2.75) is 219 Å². The first-order valence-electron chi connectivity index (χ1n) is 20.3. The number of ether oxygens (including phenoxy) is 1. The second-order valence-corrected chi connectivity index (χ2v) is 13.8. The third kappa shape index (κ3) is 39.0. The maximum atomic E-state index is 11.9. The number of rotatable bonds is 38. The summed E-state index contributed by atoms with van der Waals surface area (Å²) in [7, 11) is 0. The van der Waals surface area contributed by atoms with Crippen LogP contribution in [0.4, 0.5) is 0 Å². The van der Waals surface area contributed by atoms with E-state index in [0.29, 0.717) is 13.1 Å². The van der Waals surface area contributed by atoms with E-state index in [1.807, 2.05) is 0 Å². The van der Waals surface area contributed by atoms with Crippen LogP contribution in [0.5, 0.6) is 0 Å². The van der Waals surface area contributed by atoms with Gasteiger partial charge in [0.05, 0.1) is 0 Å². The molecule has 268 valence electrons. The van der Waals surface area contributed by atoms with Gasteiger partial charge in [-0.15, -0.1) is 0 Å². The fourth-order valence-corrected chi connectivity index (χ4v) is 6.14. The molecule has 0 aliphatic carbocycles. The van der Waals surface area contributed by atoms with Crippen molar-refractivity contribution < 1.29 is 14.3 Å². The number of amides is 2. The Hall–Kier alpha value is -1.10. The van der Waals surface area contributed by atoms with E-state index in [9.17, 15) is 9.59 Å². The van der Waals surface area contributed by atoms with Gasteiger partial charge in [0.25, 0.3) is 0 Å². The standard InChI is InChI=1S/C40H80N2O3/c1-3-5-7-9-11-13-15-17-19-21-23-25-27-29-31-33-35-41-39(43)37-45-38-40(44)42-36-34-32-30-28-26-24-22-20-18-16-14-12-10-8-6-4-2/h3-38H2,1-2H3,(H,41,43)(H,42,44). The van der Waals surface area contributed by atoms with Crippen molar-refractivity contribution in [2.24, 2.45) is 0 Å². The molecule has 0 aromatic rings. The first-order valence-corrected chi connectivity index (χ1v) is 20.3. The maximum Gasteiger partial charge on any atom is 0.246 e. The summed E-state index contributed by atoms with van der Waals surface area (Å²) in [5, 5.41) is 5.83. The second-order valence-electron chi connectivity index (χ2n) is 13.8. The number of carbonyl (C=O) groups is 2. The van der Waals surface area contributed by atoms with Crippen molar-refractivity contribution >= 4 is 11.8 Å². The summed E-state index contributed by atoms with van der Waals surface area (Å²) < 4.78 is 5.30. The van der Waals surface area contributed by atoms with Gasteiger partial charge in [-0.05, 0) is 12.8 Å². The van der Waals surface area contributed by atoms with E-state index in [0.717, 1.165) is 12.8 Å². The molecule has 0 bridgehead atoms. The molecule has 0 atom stereocenters. The minimum absolute atomic E-state index is 0.0364. The van der Waals surface area contributed by atoms with Gasteiger partial charge >= 0.3 is 0 Å². The quantitative estimate of drug-likeness (QED) is 0.0663. The summed E-state index contributed by atoms with van der Waals surface area (Å²) in [6.45, 7) is 5.89. The molecule has 0 fully saturated rings. The third-order valence-electron chi connectivity index (χ3n) is 9.17. The Labute approximate surface area is 282 Å². The highest BCUT2D eigenvalue weighted by Crippen LogP contribution is 2.15. The predicted molar refractivity (Wildman–Crippen MR) is 196 cm³/mol. The van der Waals surface area contributed by atoms with Crippen molar-refractivity contribution in [2.75, 3.05) is 26.3 Å². The summed E-state index contributed by atoms with van der Waals surface area (Å²) in [4.78, 5) is 23.9. The van der Waals surface area contributed by atoms with Gasteiger partial charge in [0.15, 0.2) is 0 Å². The summed E-state index contributed by atoms with van der Waals surface area (Å²) in [6.07, 6.45) is 43.2. The largest absolute Gasteiger partial charge is 0.362 e. The van der Waals surface area contributed by atoms with Gasteiger partial charge in [0.2, 0.25) is 11.8 Å². The van der Waals surface area contributed by atoms with E-state index >= 15 is 0 Å². The van der Waals surface area contributed by atoms with Crippen LogP contribution in [-0.2, 0) is 14.3 Å². The zero-order valence-corrected chi connectivity index (χ0v) is 30.7. The highest BCUT2D eigenvalue weighted by atomic mass is 16.5. The predicted octanol–water partition coefficient (Wildman–Crippen LogP) is 11.8. The van der Waals surface area contributed by atoms with Gasteiger partial charge in [-0.25, -0.2) is 0 Å². The van der Waals surface area contributed by atoms with Gasteiger partial charge in [-0.1, -0.05) is 206 Å². The lowest BCUT2D eigenvalue weighted by Crippen LogP contribution is -2.32. The van der Waals surface area contributed by atoms with E-state index in [-0.39, 0.29) is 25.0 Å². The molecule has 0 saturated carbocycles. The van der Waals surface area contributed by atoms with Crippen LogP contribution in [0, 0.1) is 0 Å². The molecule has 0 heterocycles. The Morgan fingerprint density at radius 3 is 0.756 bits per heavy atom. The molecule has 5 nitrogen and oxygen atoms in total. The molecular weight excluding hydrogens is 556 g/mol. The number of hydrogen-bond acceptors (Lipinski definition) is 3. The molecule has 0 unspecified atom stereocenters. The van der Waals surface area contributed by atoms with Crippen LogP contribution in [-0.4, -0.2) is 38.1 Å². The van der Waals surface area contributed by atoms with Crippen LogP contribution in [0.3, 0.4) is 0 Å².